The molecule has 0 bridgehead atoms. The van der Waals surface area contributed by atoms with Gasteiger partial charge in [-0.1, -0.05) is 54.6 Å². The number of nitrogens with zero attached hydrogens (tertiary/aromatic N) is 1. The van der Waals surface area contributed by atoms with Crippen LogP contribution in [0.15, 0.2) is 54.6 Å². The Labute approximate surface area is 172 Å². The number of fused-ring (bicyclic) bond motifs is 2. The topological polar surface area (TPSA) is 57.6 Å². The summed E-state index contributed by atoms with van der Waals surface area (Å²) in [5, 5.41) is 8.67. The van der Waals surface area contributed by atoms with Crippen LogP contribution in [-0.2, 0) is 22.4 Å². The van der Waals surface area contributed by atoms with E-state index in [1.54, 1.807) is 0 Å². The molecule has 29 heavy (non-hydrogen) atoms. The smallest absolute Gasteiger partial charge is 0.303 e. The fourth-order valence-corrected chi connectivity index (χ4v) is 3.86. The van der Waals surface area contributed by atoms with Gasteiger partial charge in [0, 0.05) is 25.9 Å². The summed E-state index contributed by atoms with van der Waals surface area (Å²) in [6, 6.07) is 17.3. The number of ketones is 1. The van der Waals surface area contributed by atoms with E-state index in [9.17, 15) is 9.59 Å². The number of carboxylic acids is 1. The summed E-state index contributed by atoms with van der Waals surface area (Å²) < 4.78 is 0. The number of carbonyl (C=O) groups excluding carboxylic acids is 1. The molecule has 0 aliphatic heterocycles. The van der Waals surface area contributed by atoms with Crippen LogP contribution in [0.4, 0.5) is 0 Å². The van der Waals surface area contributed by atoms with Gasteiger partial charge in [-0.25, -0.2) is 0 Å². The van der Waals surface area contributed by atoms with Gasteiger partial charge < -0.3 is 10.0 Å². The lowest BCUT2D eigenvalue weighted by molar-refractivity contribution is -0.138. The SMILES string of the molecule is CN(CCC=C1c2ccccc2CCc2ccccc21)CCC(=O)CCC(=O)O. The molecule has 0 aromatic heterocycles. The van der Waals surface area contributed by atoms with Crippen LogP contribution >= 0.6 is 0 Å². The van der Waals surface area contributed by atoms with E-state index in [0.717, 1.165) is 25.8 Å². The lowest BCUT2D eigenvalue weighted by Gasteiger charge is -2.16. The summed E-state index contributed by atoms with van der Waals surface area (Å²) in [5.74, 6) is -0.897. The van der Waals surface area contributed by atoms with E-state index in [2.05, 4.69) is 59.5 Å². The highest BCUT2D eigenvalue weighted by molar-refractivity contribution is 5.84. The van der Waals surface area contributed by atoms with Crippen molar-refractivity contribution in [2.75, 3.05) is 20.1 Å². The largest absolute Gasteiger partial charge is 0.481 e. The van der Waals surface area contributed by atoms with Crippen LogP contribution in [0.3, 0.4) is 0 Å². The molecule has 0 heterocycles. The average molecular weight is 392 g/mol. The van der Waals surface area contributed by atoms with Crippen molar-refractivity contribution in [1.82, 2.24) is 4.90 Å². The molecule has 4 nitrogen and oxygen atoms in total. The zero-order valence-electron chi connectivity index (χ0n) is 17.1. The van der Waals surface area contributed by atoms with Gasteiger partial charge in [-0.3, -0.25) is 9.59 Å². The predicted octanol–water partition coefficient (Wildman–Crippen LogP) is 4.36. The molecule has 0 saturated carbocycles. The van der Waals surface area contributed by atoms with Crippen LogP contribution in [0.5, 0.6) is 0 Å². The molecule has 4 heteroatoms. The van der Waals surface area contributed by atoms with Gasteiger partial charge in [0.1, 0.15) is 5.78 Å². The lowest BCUT2D eigenvalue weighted by atomic mass is 9.93. The van der Waals surface area contributed by atoms with Gasteiger partial charge in [-0.15, -0.1) is 0 Å². The lowest BCUT2D eigenvalue weighted by Crippen LogP contribution is -2.23. The molecule has 0 saturated heterocycles. The molecular formula is C25H29NO3. The molecule has 0 atom stereocenters. The molecule has 3 rings (SSSR count). The maximum absolute atomic E-state index is 11.8. The van der Waals surface area contributed by atoms with Crippen molar-refractivity contribution in [2.45, 2.75) is 38.5 Å². The average Bonchev–Trinajstić information content (AvgIpc) is 2.88. The van der Waals surface area contributed by atoms with Crippen molar-refractivity contribution < 1.29 is 14.7 Å². The van der Waals surface area contributed by atoms with E-state index in [0.29, 0.717) is 13.0 Å². The molecule has 0 radical (unpaired) electrons. The van der Waals surface area contributed by atoms with E-state index >= 15 is 0 Å². The minimum Gasteiger partial charge on any atom is -0.481 e. The van der Waals surface area contributed by atoms with Crippen LogP contribution < -0.4 is 0 Å². The van der Waals surface area contributed by atoms with Crippen molar-refractivity contribution in [1.29, 1.82) is 0 Å². The number of aryl methyl sites for hydroxylation is 2. The first-order chi connectivity index (χ1) is 14.0. The Kier molecular flexibility index (Phi) is 7.36. The number of Topliss-reactive ketones (excluding diaryl/α,β-unsaturated/α-hetero) is 1. The number of aliphatic carboxylic acids is 1. The summed E-state index contributed by atoms with van der Waals surface area (Å²) in [5.41, 5.74) is 6.74. The molecule has 0 spiro atoms. The molecule has 0 unspecified atom stereocenters. The Hall–Kier alpha value is -2.72. The molecule has 1 aliphatic rings. The third-order valence-corrected chi connectivity index (χ3v) is 5.53. The van der Waals surface area contributed by atoms with Gasteiger partial charge in [0.2, 0.25) is 0 Å². The summed E-state index contributed by atoms with van der Waals surface area (Å²) in [6.07, 6.45) is 5.80. The Bertz CT molecular complexity index is 851. The number of hydrogen-bond donors (Lipinski definition) is 1. The highest BCUT2D eigenvalue weighted by atomic mass is 16.4. The van der Waals surface area contributed by atoms with Gasteiger partial charge in [-0.2, -0.15) is 0 Å². The molecule has 152 valence electrons. The molecule has 1 N–H and O–H groups in total. The monoisotopic (exact) mass is 391 g/mol. The van der Waals surface area contributed by atoms with E-state index in [1.807, 2.05) is 7.05 Å². The van der Waals surface area contributed by atoms with E-state index in [1.165, 1.54) is 27.8 Å². The van der Waals surface area contributed by atoms with Crippen molar-refractivity contribution >= 4 is 17.3 Å². The molecule has 0 fully saturated rings. The first kappa shape index (κ1) is 21.0. The Balaban J connectivity index is 1.64. The second-order valence-corrected chi connectivity index (χ2v) is 7.71. The predicted molar refractivity (Wildman–Crippen MR) is 116 cm³/mol. The van der Waals surface area contributed by atoms with E-state index in [-0.39, 0.29) is 18.6 Å². The van der Waals surface area contributed by atoms with Crippen molar-refractivity contribution in [3.05, 3.63) is 76.9 Å². The van der Waals surface area contributed by atoms with Crippen LogP contribution in [-0.4, -0.2) is 41.9 Å². The molecule has 2 aromatic rings. The Morgan fingerprint density at radius 3 is 2.07 bits per heavy atom. The van der Waals surface area contributed by atoms with Crippen LogP contribution in [0.2, 0.25) is 0 Å². The molecule has 2 aromatic carbocycles. The number of carboxylic acid groups (broad SMARTS) is 1. The fourth-order valence-electron chi connectivity index (χ4n) is 3.86. The zero-order valence-corrected chi connectivity index (χ0v) is 17.1. The van der Waals surface area contributed by atoms with Gasteiger partial charge in [0.15, 0.2) is 0 Å². The summed E-state index contributed by atoms with van der Waals surface area (Å²) in [7, 11) is 2.01. The first-order valence-corrected chi connectivity index (χ1v) is 10.3. The van der Waals surface area contributed by atoms with E-state index in [4.69, 9.17) is 5.11 Å². The maximum atomic E-state index is 11.8. The standard InChI is InChI=1S/C25H29NO3/c1-26(18-16-21(27)14-15-25(28)29)17-6-11-24-22-9-4-2-7-19(22)12-13-20-8-3-5-10-23(20)24/h2-5,7-11H,6,12-18H2,1H3,(H,28,29). The Morgan fingerprint density at radius 2 is 1.48 bits per heavy atom. The quantitative estimate of drug-likeness (QED) is 0.690. The van der Waals surface area contributed by atoms with Crippen LogP contribution in [0.25, 0.3) is 5.57 Å². The van der Waals surface area contributed by atoms with Crippen molar-refractivity contribution in [3.8, 4) is 0 Å². The van der Waals surface area contributed by atoms with Gasteiger partial charge in [0.05, 0.1) is 6.42 Å². The summed E-state index contributed by atoms with van der Waals surface area (Å²) >= 11 is 0. The number of hydrogen-bond acceptors (Lipinski definition) is 3. The first-order valence-electron chi connectivity index (χ1n) is 10.3. The number of rotatable bonds is 9. The Morgan fingerprint density at radius 1 is 0.897 bits per heavy atom. The second-order valence-electron chi connectivity index (χ2n) is 7.71. The molecule has 1 aliphatic carbocycles. The van der Waals surface area contributed by atoms with Gasteiger partial charge in [-0.05, 0) is 54.1 Å². The fraction of sp³-hybridized carbons (Fsp3) is 0.360. The van der Waals surface area contributed by atoms with Crippen molar-refractivity contribution in [3.63, 3.8) is 0 Å². The van der Waals surface area contributed by atoms with Crippen molar-refractivity contribution in [2.24, 2.45) is 0 Å². The second kappa shape index (κ2) is 10.2. The summed E-state index contributed by atoms with van der Waals surface area (Å²) in [6.45, 7) is 1.52. The third-order valence-electron chi connectivity index (χ3n) is 5.53. The number of carbonyl (C=O) groups is 2. The van der Waals surface area contributed by atoms with Crippen LogP contribution in [0, 0.1) is 0 Å². The highest BCUT2D eigenvalue weighted by Crippen LogP contribution is 2.33. The van der Waals surface area contributed by atoms with Gasteiger partial charge in [0.25, 0.3) is 0 Å². The molecular weight excluding hydrogens is 362 g/mol. The normalized spacial score (nSPS) is 12.8. The zero-order chi connectivity index (χ0) is 20.6. The van der Waals surface area contributed by atoms with Gasteiger partial charge >= 0.3 is 5.97 Å². The maximum Gasteiger partial charge on any atom is 0.303 e. The highest BCUT2D eigenvalue weighted by Gasteiger charge is 2.17. The number of benzene rings is 2. The van der Waals surface area contributed by atoms with Crippen LogP contribution in [0.1, 0.15) is 47.9 Å². The third kappa shape index (κ3) is 5.88. The minimum absolute atomic E-state index is 0.0178. The summed E-state index contributed by atoms with van der Waals surface area (Å²) in [4.78, 5) is 24.5. The minimum atomic E-state index is -0.915. The van der Waals surface area contributed by atoms with E-state index < -0.39 is 5.97 Å². The molecule has 0 amide bonds.